The topological polar surface area (TPSA) is 76.1 Å². The van der Waals surface area contributed by atoms with E-state index in [4.69, 9.17) is 11.6 Å². The van der Waals surface area contributed by atoms with Gasteiger partial charge in [0.25, 0.3) is 0 Å². The molecule has 130 valence electrons. The lowest BCUT2D eigenvalue weighted by molar-refractivity contribution is -0.113. The number of hydrogen-bond donors (Lipinski definition) is 1. The Morgan fingerprint density at radius 2 is 1.96 bits per heavy atom. The van der Waals surface area contributed by atoms with E-state index in [2.05, 4.69) is 10.3 Å². The first-order valence-electron chi connectivity index (χ1n) is 7.10. The minimum Gasteiger partial charge on any atom is -0.301 e. The van der Waals surface area contributed by atoms with Crippen molar-refractivity contribution in [3.05, 3.63) is 47.5 Å². The summed E-state index contributed by atoms with van der Waals surface area (Å²) < 4.78 is 25.5. The molecule has 0 fully saturated rings. The standard InChI is InChI=1S/C16H13ClN2O3S3/c1-23-11-4-7-13-14(8-11)24-16(18-13)19-15(20)9-25(21,22)12-5-2-10(17)3-6-12/h2-8H,9H2,1H3,(H,18,19,20). The third-order valence-corrected chi connectivity index (χ3v) is 6.88. The summed E-state index contributed by atoms with van der Waals surface area (Å²) in [5.41, 5.74) is 0.763. The highest BCUT2D eigenvalue weighted by Gasteiger charge is 2.20. The number of nitrogens with zero attached hydrogens (tertiary/aromatic N) is 1. The zero-order chi connectivity index (χ0) is 18.0. The van der Waals surface area contributed by atoms with Crippen molar-refractivity contribution in [3.63, 3.8) is 0 Å². The number of halogens is 1. The van der Waals surface area contributed by atoms with E-state index in [9.17, 15) is 13.2 Å². The molecule has 1 heterocycles. The maximum Gasteiger partial charge on any atom is 0.241 e. The van der Waals surface area contributed by atoms with Crippen LogP contribution in [0.25, 0.3) is 10.2 Å². The molecule has 0 saturated heterocycles. The number of aromatic nitrogens is 1. The zero-order valence-corrected chi connectivity index (χ0v) is 16.2. The maximum absolute atomic E-state index is 12.3. The van der Waals surface area contributed by atoms with Gasteiger partial charge in [0.1, 0.15) is 5.75 Å². The number of amides is 1. The molecule has 0 unspecified atom stereocenters. The Balaban J connectivity index is 1.74. The number of rotatable bonds is 5. The molecule has 9 heteroatoms. The molecular formula is C16H13ClN2O3S3. The summed E-state index contributed by atoms with van der Waals surface area (Å²) in [6.45, 7) is 0. The van der Waals surface area contributed by atoms with Crippen molar-refractivity contribution in [2.24, 2.45) is 0 Å². The molecule has 5 nitrogen and oxygen atoms in total. The molecule has 3 aromatic rings. The summed E-state index contributed by atoms with van der Waals surface area (Å²) in [5.74, 6) is -1.28. The first-order chi connectivity index (χ1) is 11.9. The minimum atomic E-state index is -3.73. The van der Waals surface area contributed by atoms with Crippen LogP contribution in [0.5, 0.6) is 0 Å². The van der Waals surface area contributed by atoms with Gasteiger partial charge < -0.3 is 5.32 Å². The van der Waals surface area contributed by atoms with Gasteiger partial charge >= 0.3 is 0 Å². The van der Waals surface area contributed by atoms with Crippen molar-refractivity contribution >= 4 is 65.8 Å². The molecule has 2 aromatic carbocycles. The molecule has 0 aliphatic heterocycles. The molecule has 0 aliphatic carbocycles. The summed E-state index contributed by atoms with van der Waals surface area (Å²) in [6, 6.07) is 11.5. The molecule has 0 spiro atoms. The van der Waals surface area contributed by atoms with Crippen molar-refractivity contribution in [2.45, 2.75) is 9.79 Å². The summed E-state index contributed by atoms with van der Waals surface area (Å²) >= 11 is 8.68. The largest absolute Gasteiger partial charge is 0.301 e. The summed E-state index contributed by atoms with van der Waals surface area (Å²) in [6.07, 6.45) is 1.98. The average Bonchev–Trinajstić information content (AvgIpc) is 2.95. The summed E-state index contributed by atoms with van der Waals surface area (Å²) in [5, 5.41) is 3.37. The Morgan fingerprint density at radius 3 is 2.64 bits per heavy atom. The number of carbonyl (C=O) groups is 1. The van der Waals surface area contributed by atoms with E-state index in [1.165, 1.54) is 35.6 Å². The van der Waals surface area contributed by atoms with Crippen molar-refractivity contribution in [3.8, 4) is 0 Å². The van der Waals surface area contributed by atoms with E-state index in [0.29, 0.717) is 10.2 Å². The quantitative estimate of drug-likeness (QED) is 0.639. The predicted octanol–water partition coefficient (Wildman–Crippen LogP) is 4.08. The van der Waals surface area contributed by atoms with Crippen LogP contribution in [-0.2, 0) is 14.6 Å². The maximum atomic E-state index is 12.3. The second-order valence-corrected chi connectivity index (χ2v) is 9.45. The fourth-order valence-electron chi connectivity index (χ4n) is 2.14. The molecule has 0 bridgehead atoms. The minimum absolute atomic E-state index is 0.0564. The van der Waals surface area contributed by atoms with Gasteiger partial charge in [0.2, 0.25) is 5.91 Å². The number of carbonyl (C=O) groups excluding carboxylic acids is 1. The molecular weight excluding hydrogens is 400 g/mol. The lowest BCUT2D eigenvalue weighted by Crippen LogP contribution is -2.22. The fraction of sp³-hybridized carbons (Fsp3) is 0.125. The molecule has 0 atom stereocenters. The first-order valence-corrected chi connectivity index (χ1v) is 11.2. The number of fused-ring (bicyclic) bond motifs is 1. The molecule has 3 rings (SSSR count). The van der Waals surface area contributed by atoms with Crippen molar-refractivity contribution in [1.29, 1.82) is 0 Å². The Morgan fingerprint density at radius 1 is 1.24 bits per heavy atom. The summed E-state index contributed by atoms with van der Waals surface area (Å²) in [7, 11) is -3.73. The molecule has 1 amide bonds. The Labute approximate surface area is 158 Å². The van der Waals surface area contributed by atoms with Crippen LogP contribution in [0, 0.1) is 0 Å². The van der Waals surface area contributed by atoms with Crippen LogP contribution in [0.1, 0.15) is 0 Å². The smallest absolute Gasteiger partial charge is 0.241 e. The van der Waals surface area contributed by atoms with Crippen LogP contribution >= 0.6 is 34.7 Å². The van der Waals surface area contributed by atoms with Gasteiger partial charge in [-0.15, -0.1) is 11.8 Å². The molecule has 0 aliphatic rings. The van der Waals surface area contributed by atoms with Gasteiger partial charge in [-0.3, -0.25) is 4.79 Å². The number of thiazole rings is 1. The zero-order valence-electron chi connectivity index (χ0n) is 13.0. The third kappa shape index (κ3) is 4.33. The molecule has 0 radical (unpaired) electrons. The van der Waals surface area contributed by atoms with Crippen LogP contribution in [0.3, 0.4) is 0 Å². The van der Waals surface area contributed by atoms with E-state index in [-0.39, 0.29) is 4.90 Å². The van der Waals surface area contributed by atoms with Crippen molar-refractivity contribution < 1.29 is 13.2 Å². The first kappa shape index (κ1) is 18.2. The van der Waals surface area contributed by atoms with Crippen LogP contribution in [0.2, 0.25) is 5.02 Å². The van der Waals surface area contributed by atoms with E-state index < -0.39 is 21.5 Å². The summed E-state index contributed by atoms with van der Waals surface area (Å²) in [4.78, 5) is 17.6. The normalized spacial score (nSPS) is 11.6. The van der Waals surface area contributed by atoms with Crippen LogP contribution < -0.4 is 5.32 Å². The van der Waals surface area contributed by atoms with Gasteiger partial charge in [0.15, 0.2) is 15.0 Å². The SMILES string of the molecule is CSc1ccc2nc(NC(=O)CS(=O)(=O)c3ccc(Cl)cc3)sc2c1. The van der Waals surface area contributed by atoms with Gasteiger partial charge in [0, 0.05) is 9.92 Å². The van der Waals surface area contributed by atoms with Gasteiger partial charge in [-0.1, -0.05) is 22.9 Å². The molecule has 1 N–H and O–H groups in total. The highest BCUT2D eigenvalue weighted by molar-refractivity contribution is 7.98. The van der Waals surface area contributed by atoms with Gasteiger partial charge in [-0.05, 0) is 48.7 Å². The van der Waals surface area contributed by atoms with Gasteiger partial charge in [0.05, 0.1) is 15.1 Å². The fourth-order valence-corrected chi connectivity index (χ4v) is 4.84. The van der Waals surface area contributed by atoms with E-state index >= 15 is 0 Å². The number of thioether (sulfide) groups is 1. The second kappa shape index (κ2) is 7.33. The lowest BCUT2D eigenvalue weighted by Gasteiger charge is -2.04. The Hall–Kier alpha value is -1.61. The van der Waals surface area contributed by atoms with Gasteiger partial charge in [-0.2, -0.15) is 0 Å². The lowest BCUT2D eigenvalue weighted by atomic mass is 10.3. The molecule has 1 aromatic heterocycles. The predicted molar refractivity (Wildman–Crippen MR) is 104 cm³/mol. The highest BCUT2D eigenvalue weighted by Crippen LogP contribution is 2.29. The van der Waals surface area contributed by atoms with E-state index in [0.717, 1.165) is 15.1 Å². The average molecular weight is 413 g/mol. The monoisotopic (exact) mass is 412 g/mol. The van der Waals surface area contributed by atoms with Crippen molar-refractivity contribution in [2.75, 3.05) is 17.3 Å². The second-order valence-electron chi connectivity index (χ2n) is 5.11. The van der Waals surface area contributed by atoms with Crippen LogP contribution in [-0.4, -0.2) is 31.3 Å². The van der Waals surface area contributed by atoms with E-state index in [1.54, 1.807) is 11.8 Å². The number of sulfone groups is 1. The Kier molecular flexibility index (Phi) is 5.33. The third-order valence-electron chi connectivity index (χ3n) is 3.34. The number of hydrogen-bond acceptors (Lipinski definition) is 6. The van der Waals surface area contributed by atoms with Crippen LogP contribution in [0.4, 0.5) is 5.13 Å². The Bertz CT molecular complexity index is 1030. The van der Waals surface area contributed by atoms with Crippen molar-refractivity contribution in [1.82, 2.24) is 4.98 Å². The van der Waals surface area contributed by atoms with Crippen LogP contribution in [0.15, 0.2) is 52.3 Å². The van der Waals surface area contributed by atoms with E-state index in [1.807, 2.05) is 24.5 Å². The highest BCUT2D eigenvalue weighted by atomic mass is 35.5. The van der Waals surface area contributed by atoms with Gasteiger partial charge in [-0.25, -0.2) is 13.4 Å². The molecule has 25 heavy (non-hydrogen) atoms. The number of anilines is 1. The molecule has 0 saturated carbocycles. The number of benzene rings is 2. The number of nitrogens with one attached hydrogen (secondary N) is 1.